The quantitative estimate of drug-likeness (QED) is 0.0267. The van der Waals surface area contributed by atoms with Crippen molar-refractivity contribution in [1.82, 2.24) is 0 Å². The smallest absolute Gasteiger partial charge is 0.306 e. The molecule has 70 heavy (non-hydrogen) atoms. The van der Waals surface area contributed by atoms with Crippen LogP contribution >= 0.6 is 0 Å². The molecule has 0 amide bonds. The highest BCUT2D eigenvalue weighted by Crippen LogP contribution is 2.23. The molecule has 1 aliphatic rings. The van der Waals surface area contributed by atoms with Crippen molar-refractivity contribution in [1.29, 1.82) is 0 Å². The van der Waals surface area contributed by atoms with Gasteiger partial charge in [0.25, 0.3) is 0 Å². The van der Waals surface area contributed by atoms with E-state index in [1.807, 2.05) is 0 Å². The Kier molecular flexibility index (Phi) is 47.9. The molecule has 0 bridgehead atoms. The van der Waals surface area contributed by atoms with Crippen LogP contribution in [-0.4, -0.2) is 89.6 Å². The number of rotatable bonds is 49. The predicted molar refractivity (Wildman–Crippen MR) is 293 cm³/mol. The number of hydrogen-bond donors (Lipinski definition) is 4. The van der Waals surface area contributed by atoms with E-state index in [1.54, 1.807) is 0 Å². The third kappa shape index (κ3) is 40.9. The van der Waals surface area contributed by atoms with Crippen LogP contribution < -0.4 is 0 Å². The Labute approximate surface area is 429 Å². The summed E-state index contributed by atoms with van der Waals surface area (Å²) in [4.78, 5) is 12.9. The van der Waals surface area contributed by atoms with Crippen molar-refractivity contribution in [3.63, 3.8) is 0 Å². The minimum atomic E-state index is -1.55. The van der Waals surface area contributed by atoms with Gasteiger partial charge in [-0.25, -0.2) is 0 Å². The molecule has 1 saturated heterocycles. The molecule has 0 spiro atoms. The fraction of sp³-hybridized carbons (Fsp3) is 0.754. The molecule has 0 aromatic heterocycles. The van der Waals surface area contributed by atoms with Crippen molar-refractivity contribution in [2.24, 2.45) is 0 Å². The number of carbonyl (C=O) groups excluding carboxylic acids is 1. The van der Waals surface area contributed by atoms with Gasteiger partial charge in [-0.15, -0.1) is 0 Å². The van der Waals surface area contributed by atoms with Gasteiger partial charge in [-0.1, -0.05) is 247 Å². The maximum absolute atomic E-state index is 12.9. The molecular formula is C61H106O9. The molecule has 9 nitrogen and oxygen atoms in total. The second-order valence-corrected chi connectivity index (χ2v) is 19.4. The number of aliphatic hydroxyl groups is 4. The van der Waals surface area contributed by atoms with E-state index in [-0.39, 0.29) is 25.6 Å². The summed E-state index contributed by atoms with van der Waals surface area (Å²) in [6, 6.07) is 0. The molecule has 4 N–H and O–H groups in total. The average molecular weight is 984 g/mol. The van der Waals surface area contributed by atoms with Gasteiger partial charge < -0.3 is 39.4 Å². The maximum atomic E-state index is 12.9. The molecule has 6 unspecified atom stereocenters. The summed E-state index contributed by atoms with van der Waals surface area (Å²) in [5.41, 5.74) is 0. The molecule has 1 fully saturated rings. The van der Waals surface area contributed by atoms with E-state index in [4.69, 9.17) is 18.9 Å². The van der Waals surface area contributed by atoms with Gasteiger partial charge in [-0.05, 0) is 64.2 Å². The molecule has 0 aromatic rings. The molecule has 0 aliphatic carbocycles. The predicted octanol–water partition coefficient (Wildman–Crippen LogP) is 14.9. The summed E-state index contributed by atoms with van der Waals surface area (Å²) in [5, 5.41) is 40.3. The number of unbranched alkanes of at least 4 members (excludes halogenated alkanes) is 24. The fourth-order valence-electron chi connectivity index (χ4n) is 8.42. The maximum Gasteiger partial charge on any atom is 0.306 e. The average Bonchev–Trinajstić information content (AvgIpc) is 3.36. The first-order chi connectivity index (χ1) is 34.4. The van der Waals surface area contributed by atoms with E-state index in [0.29, 0.717) is 13.0 Å². The number of allylic oxidation sites excluding steroid dienone is 14. The standard InChI is InChI=1S/C61H106O9/c1-3-5-7-9-11-13-15-17-19-21-23-25-27-29-31-33-35-37-39-41-43-45-47-49-51-67-53-55(54-68-61-60(66)59(65)58(64)56(52-62)70-61)69-57(63)50-48-46-44-42-40-38-36-34-32-30-28-26-24-22-20-18-16-14-12-10-8-6-4-2/h6,8,12,14,18,20,24,26,30,32,36,38,42,44,55-56,58-62,64-66H,3-5,7,9-11,13,15-17,19,21-23,25,27-29,31,33-35,37,39-41,43,45-54H2,1-2H3/b8-6-,14-12-,20-18-,26-24-,32-30-,38-36-,44-42-. The molecule has 0 aromatic carbocycles. The molecule has 0 radical (unpaired) electrons. The first-order valence-electron chi connectivity index (χ1n) is 28.7. The van der Waals surface area contributed by atoms with E-state index >= 15 is 0 Å². The monoisotopic (exact) mass is 983 g/mol. The van der Waals surface area contributed by atoms with Gasteiger partial charge in [-0.3, -0.25) is 4.79 Å². The van der Waals surface area contributed by atoms with Crippen LogP contribution in [0, 0.1) is 0 Å². The second kappa shape index (κ2) is 51.3. The van der Waals surface area contributed by atoms with Gasteiger partial charge in [0.1, 0.15) is 30.5 Å². The fourth-order valence-corrected chi connectivity index (χ4v) is 8.42. The molecule has 1 aliphatic heterocycles. The Morgan fingerprint density at radius 2 is 0.857 bits per heavy atom. The summed E-state index contributed by atoms with van der Waals surface area (Å²) in [5.74, 6) is -0.369. The third-order valence-corrected chi connectivity index (χ3v) is 12.8. The minimum absolute atomic E-state index is 0.119. The van der Waals surface area contributed by atoms with Crippen molar-refractivity contribution in [3.8, 4) is 0 Å². The zero-order chi connectivity index (χ0) is 50.6. The van der Waals surface area contributed by atoms with Crippen LogP contribution in [0.2, 0.25) is 0 Å². The summed E-state index contributed by atoms with van der Waals surface area (Å²) < 4.78 is 22.9. The highest BCUT2D eigenvalue weighted by Gasteiger charge is 2.44. The number of carbonyl (C=O) groups is 1. The van der Waals surface area contributed by atoms with Crippen molar-refractivity contribution < 1.29 is 44.2 Å². The summed E-state index contributed by atoms with van der Waals surface area (Å²) in [6.45, 7) is 4.40. The zero-order valence-corrected chi connectivity index (χ0v) is 44.7. The van der Waals surface area contributed by atoms with Gasteiger partial charge in [0.2, 0.25) is 0 Å². The van der Waals surface area contributed by atoms with Gasteiger partial charge >= 0.3 is 5.97 Å². The van der Waals surface area contributed by atoms with E-state index in [9.17, 15) is 25.2 Å². The Bertz CT molecular complexity index is 1350. The Morgan fingerprint density at radius 1 is 0.471 bits per heavy atom. The van der Waals surface area contributed by atoms with Gasteiger partial charge in [0.15, 0.2) is 6.29 Å². The first kappa shape index (κ1) is 65.4. The Morgan fingerprint density at radius 3 is 1.26 bits per heavy atom. The number of hydrogen-bond acceptors (Lipinski definition) is 9. The van der Waals surface area contributed by atoms with Crippen molar-refractivity contribution >= 4 is 5.97 Å². The summed E-state index contributed by atoms with van der Waals surface area (Å²) in [7, 11) is 0. The van der Waals surface area contributed by atoms with Crippen LogP contribution in [0.25, 0.3) is 0 Å². The Balaban J connectivity index is 2.21. The van der Waals surface area contributed by atoms with Crippen LogP contribution in [0.5, 0.6) is 0 Å². The molecule has 9 heteroatoms. The van der Waals surface area contributed by atoms with E-state index in [2.05, 4.69) is 98.9 Å². The Hall–Kier alpha value is -2.63. The van der Waals surface area contributed by atoms with Gasteiger partial charge in [0.05, 0.1) is 19.8 Å². The third-order valence-electron chi connectivity index (χ3n) is 12.8. The molecule has 0 saturated carbocycles. The molecule has 404 valence electrons. The lowest BCUT2D eigenvalue weighted by Crippen LogP contribution is -2.59. The van der Waals surface area contributed by atoms with Crippen LogP contribution in [0.3, 0.4) is 0 Å². The second-order valence-electron chi connectivity index (χ2n) is 19.4. The van der Waals surface area contributed by atoms with E-state index in [1.165, 1.54) is 141 Å². The van der Waals surface area contributed by atoms with Crippen molar-refractivity contribution in [2.45, 2.75) is 269 Å². The lowest BCUT2D eigenvalue weighted by atomic mass is 9.99. The number of ether oxygens (including phenoxy) is 4. The molecule has 1 heterocycles. The summed E-state index contributed by atoms with van der Waals surface area (Å²) >= 11 is 0. The first-order valence-corrected chi connectivity index (χ1v) is 28.7. The van der Waals surface area contributed by atoms with E-state index in [0.717, 1.165) is 64.2 Å². The minimum Gasteiger partial charge on any atom is -0.457 e. The van der Waals surface area contributed by atoms with Crippen LogP contribution in [-0.2, 0) is 23.7 Å². The normalized spacial score (nSPS) is 19.5. The van der Waals surface area contributed by atoms with Gasteiger partial charge in [-0.2, -0.15) is 0 Å². The molecular weight excluding hydrogens is 877 g/mol. The van der Waals surface area contributed by atoms with Crippen LogP contribution in [0.15, 0.2) is 85.1 Å². The summed E-state index contributed by atoms with van der Waals surface area (Å²) in [6.07, 6.45) is 63.5. The highest BCUT2D eigenvalue weighted by molar-refractivity contribution is 5.69. The van der Waals surface area contributed by atoms with Crippen molar-refractivity contribution in [3.05, 3.63) is 85.1 Å². The zero-order valence-electron chi connectivity index (χ0n) is 44.7. The SMILES string of the molecule is CC/C=C\C/C=C\C/C=C\C/C=C\C/C=C\C/C=C\C/C=C\CCCC(=O)OC(COCCCCCCCCCCCCCCCCCCCCCCCCCC)COC1OC(CO)C(O)C(O)C1O. The van der Waals surface area contributed by atoms with Crippen LogP contribution in [0.4, 0.5) is 0 Å². The lowest BCUT2D eigenvalue weighted by Gasteiger charge is -2.39. The highest BCUT2D eigenvalue weighted by atomic mass is 16.7. The van der Waals surface area contributed by atoms with Crippen molar-refractivity contribution in [2.75, 3.05) is 26.4 Å². The molecule has 1 rings (SSSR count). The van der Waals surface area contributed by atoms with E-state index < -0.39 is 43.4 Å². The molecule has 6 atom stereocenters. The van der Waals surface area contributed by atoms with Crippen LogP contribution in [0.1, 0.15) is 232 Å². The topological polar surface area (TPSA) is 135 Å². The largest absolute Gasteiger partial charge is 0.457 e. The van der Waals surface area contributed by atoms with Gasteiger partial charge in [0, 0.05) is 13.0 Å². The number of esters is 1. The lowest BCUT2D eigenvalue weighted by molar-refractivity contribution is -0.305. The number of aliphatic hydroxyl groups excluding tert-OH is 4.